The first kappa shape index (κ1) is 16.9. The van der Waals surface area contributed by atoms with E-state index in [9.17, 15) is 13.5 Å². The largest absolute Gasteiger partial charge is 0.491 e. The van der Waals surface area contributed by atoms with Crippen molar-refractivity contribution in [2.75, 3.05) is 26.6 Å². The number of rotatable bonds is 7. The third kappa shape index (κ3) is 3.71. The second-order valence-electron chi connectivity index (χ2n) is 5.16. The predicted octanol–water partition coefficient (Wildman–Crippen LogP) is 1.57. The number of hydrogen-bond donors (Lipinski definition) is 1. The Balaban J connectivity index is 3.07. The summed E-state index contributed by atoms with van der Waals surface area (Å²) in [5.74, 6) is 0.466. The Labute approximate surface area is 120 Å². The van der Waals surface area contributed by atoms with Crippen molar-refractivity contribution in [3.05, 3.63) is 29.8 Å². The summed E-state index contributed by atoms with van der Waals surface area (Å²) < 4.78 is 32.8. The van der Waals surface area contributed by atoms with Gasteiger partial charge in [-0.3, -0.25) is 0 Å². The van der Waals surface area contributed by atoms with E-state index in [-0.39, 0.29) is 0 Å². The van der Waals surface area contributed by atoms with E-state index in [1.54, 1.807) is 31.4 Å². The summed E-state index contributed by atoms with van der Waals surface area (Å²) in [6.07, 6.45) is -0.0545. The van der Waals surface area contributed by atoms with Gasteiger partial charge in [-0.2, -0.15) is 0 Å². The monoisotopic (exact) mass is 302 g/mol. The molecule has 0 amide bonds. The highest BCUT2D eigenvalue weighted by Gasteiger charge is 2.40. The lowest BCUT2D eigenvalue weighted by atomic mass is 9.97. The van der Waals surface area contributed by atoms with Crippen LogP contribution < -0.4 is 4.74 Å². The second-order valence-corrected chi connectivity index (χ2v) is 7.75. The van der Waals surface area contributed by atoms with Crippen LogP contribution in [-0.4, -0.2) is 44.9 Å². The lowest BCUT2D eigenvalue weighted by Crippen LogP contribution is -2.38. The maximum absolute atomic E-state index is 11.8. The molecule has 1 atom stereocenters. The van der Waals surface area contributed by atoms with E-state index >= 15 is 0 Å². The van der Waals surface area contributed by atoms with Crippen molar-refractivity contribution in [1.29, 1.82) is 0 Å². The minimum absolute atomic E-state index is 0.333. The van der Waals surface area contributed by atoms with Crippen LogP contribution in [0.25, 0.3) is 0 Å². The number of benzene rings is 1. The third-order valence-corrected chi connectivity index (χ3v) is 5.51. The van der Waals surface area contributed by atoms with Gasteiger partial charge < -0.3 is 14.6 Å². The number of methoxy groups -OCH3 is 1. The number of ether oxygens (including phenoxy) is 2. The zero-order valence-corrected chi connectivity index (χ0v) is 13.1. The summed E-state index contributed by atoms with van der Waals surface area (Å²) in [6, 6.07) is 6.87. The van der Waals surface area contributed by atoms with Crippen molar-refractivity contribution in [2.45, 2.75) is 24.7 Å². The summed E-state index contributed by atoms with van der Waals surface area (Å²) in [7, 11) is -1.86. The lowest BCUT2D eigenvalue weighted by Gasteiger charge is -2.29. The van der Waals surface area contributed by atoms with Crippen LogP contribution in [0.5, 0.6) is 5.75 Å². The summed E-state index contributed by atoms with van der Waals surface area (Å²) in [5, 5.41) is 10.4. The topological polar surface area (TPSA) is 72.8 Å². The Bertz CT molecular complexity index is 536. The highest BCUT2D eigenvalue weighted by Crippen LogP contribution is 2.36. The summed E-state index contributed by atoms with van der Waals surface area (Å²) >= 11 is 0. The molecule has 0 heterocycles. The van der Waals surface area contributed by atoms with Gasteiger partial charge in [-0.1, -0.05) is 18.2 Å². The molecule has 1 aromatic rings. The van der Waals surface area contributed by atoms with Crippen LogP contribution in [0.1, 0.15) is 25.5 Å². The van der Waals surface area contributed by atoms with Gasteiger partial charge in [-0.15, -0.1) is 0 Å². The Kier molecular flexibility index (Phi) is 5.56. The Hall–Kier alpha value is -1.11. The molecule has 1 rings (SSSR count). The Morgan fingerprint density at radius 1 is 1.25 bits per heavy atom. The molecule has 1 unspecified atom stereocenters. The predicted molar refractivity (Wildman–Crippen MR) is 77.7 cm³/mol. The third-order valence-electron chi connectivity index (χ3n) is 3.37. The first-order chi connectivity index (χ1) is 9.21. The van der Waals surface area contributed by atoms with Gasteiger partial charge >= 0.3 is 0 Å². The molecule has 0 aliphatic heterocycles. The van der Waals surface area contributed by atoms with Crippen LogP contribution in [0.2, 0.25) is 0 Å². The molecule has 0 saturated heterocycles. The highest BCUT2D eigenvalue weighted by molar-refractivity contribution is 7.92. The maximum Gasteiger partial charge on any atom is 0.155 e. The number of hydrogen-bond acceptors (Lipinski definition) is 5. The molecule has 0 bridgehead atoms. The standard InChI is InChI=1S/C14H22O5S/c1-14(2,20(4,16)17)13(15)11-7-5-6-8-12(11)19-10-9-18-3/h5-8,13,15H,9-10H2,1-4H3. The van der Waals surface area contributed by atoms with E-state index in [1.807, 2.05) is 0 Å². The van der Waals surface area contributed by atoms with Crippen molar-refractivity contribution in [1.82, 2.24) is 0 Å². The van der Waals surface area contributed by atoms with E-state index in [2.05, 4.69) is 0 Å². The van der Waals surface area contributed by atoms with Crippen molar-refractivity contribution in [2.24, 2.45) is 0 Å². The minimum atomic E-state index is -3.42. The normalized spacial score (nSPS) is 14.1. The number of sulfone groups is 1. The van der Waals surface area contributed by atoms with Crippen molar-refractivity contribution in [3.63, 3.8) is 0 Å². The molecule has 0 aliphatic carbocycles. The van der Waals surface area contributed by atoms with Gasteiger partial charge in [0.25, 0.3) is 0 Å². The summed E-state index contributed by atoms with van der Waals surface area (Å²) in [6.45, 7) is 3.75. The quantitative estimate of drug-likeness (QED) is 0.774. The molecule has 0 fully saturated rings. The van der Waals surface area contributed by atoms with Gasteiger partial charge in [-0.05, 0) is 19.9 Å². The van der Waals surface area contributed by atoms with Crippen LogP contribution in [0.4, 0.5) is 0 Å². The number of para-hydroxylation sites is 1. The van der Waals surface area contributed by atoms with Crippen LogP contribution >= 0.6 is 0 Å². The van der Waals surface area contributed by atoms with Crippen molar-refractivity contribution >= 4 is 9.84 Å². The van der Waals surface area contributed by atoms with Gasteiger partial charge in [0.05, 0.1) is 11.4 Å². The SMILES string of the molecule is COCCOc1ccccc1C(O)C(C)(C)S(C)(=O)=O. The zero-order valence-electron chi connectivity index (χ0n) is 12.3. The molecule has 114 valence electrons. The summed E-state index contributed by atoms with van der Waals surface area (Å²) in [5.41, 5.74) is 0.457. The van der Waals surface area contributed by atoms with E-state index < -0.39 is 20.7 Å². The Morgan fingerprint density at radius 3 is 2.40 bits per heavy atom. The first-order valence-electron chi connectivity index (χ1n) is 6.30. The molecular weight excluding hydrogens is 280 g/mol. The van der Waals surface area contributed by atoms with E-state index in [4.69, 9.17) is 9.47 Å². The van der Waals surface area contributed by atoms with Crippen molar-refractivity contribution in [3.8, 4) is 5.75 Å². The second kappa shape index (κ2) is 6.56. The molecule has 0 aliphatic rings. The lowest BCUT2D eigenvalue weighted by molar-refractivity contribution is 0.124. The fraction of sp³-hybridized carbons (Fsp3) is 0.571. The molecule has 1 N–H and O–H groups in total. The fourth-order valence-corrected chi connectivity index (χ4v) is 2.18. The number of aliphatic hydroxyl groups excluding tert-OH is 1. The molecule has 20 heavy (non-hydrogen) atoms. The Morgan fingerprint density at radius 2 is 1.85 bits per heavy atom. The smallest absolute Gasteiger partial charge is 0.155 e. The molecule has 5 nitrogen and oxygen atoms in total. The molecule has 0 saturated carbocycles. The van der Waals surface area contributed by atoms with Gasteiger partial charge in [0.2, 0.25) is 0 Å². The van der Waals surface area contributed by atoms with Crippen LogP contribution in [0.15, 0.2) is 24.3 Å². The van der Waals surface area contributed by atoms with E-state index in [0.29, 0.717) is 24.5 Å². The van der Waals surface area contributed by atoms with Crippen LogP contribution in [0.3, 0.4) is 0 Å². The molecule has 0 aromatic heterocycles. The van der Waals surface area contributed by atoms with Gasteiger partial charge in [0.15, 0.2) is 9.84 Å². The van der Waals surface area contributed by atoms with E-state index in [0.717, 1.165) is 6.26 Å². The minimum Gasteiger partial charge on any atom is -0.491 e. The zero-order chi connectivity index (χ0) is 15.4. The van der Waals surface area contributed by atoms with Crippen LogP contribution in [-0.2, 0) is 14.6 Å². The van der Waals surface area contributed by atoms with Gasteiger partial charge in [-0.25, -0.2) is 8.42 Å². The van der Waals surface area contributed by atoms with E-state index in [1.165, 1.54) is 13.8 Å². The molecule has 6 heteroatoms. The molecule has 0 spiro atoms. The van der Waals surface area contributed by atoms with Crippen LogP contribution in [0, 0.1) is 0 Å². The average Bonchev–Trinajstić information content (AvgIpc) is 2.37. The maximum atomic E-state index is 11.8. The molecule has 0 radical (unpaired) electrons. The van der Waals surface area contributed by atoms with Crippen molar-refractivity contribution < 1.29 is 23.0 Å². The van der Waals surface area contributed by atoms with Gasteiger partial charge in [0, 0.05) is 18.9 Å². The highest BCUT2D eigenvalue weighted by atomic mass is 32.2. The number of aliphatic hydroxyl groups is 1. The fourth-order valence-electron chi connectivity index (χ4n) is 1.65. The molecular formula is C14H22O5S. The van der Waals surface area contributed by atoms with Gasteiger partial charge in [0.1, 0.15) is 18.5 Å². The average molecular weight is 302 g/mol. The molecule has 1 aromatic carbocycles. The first-order valence-corrected chi connectivity index (χ1v) is 8.19. The summed E-state index contributed by atoms with van der Waals surface area (Å²) in [4.78, 5) is 0.